The Morgan fingerprint density at radius 2 is 1.41 bits per heavy atom. The Morgan fingerprint density at radius 3 is 2.10 bits per heavy atom. The molecule has 0 saturated carbocycles. The number of carbonyl (C=O) groups excluding carboxylic acids is 2. The van der Waals surface area contributed by atoms with Gasteiger partial charge in [-0.15, -0.1) is 0 Å². The lowest BCUT2D eigenvalue weighted by Crippen LogP contribution is -2.21. The number of benzene rings is 3. The lowest BCUT2D eigenvalue weighted by Gasteiger charge is -2.13. The molecule has 0 aliphatic carbocycles. The Morgan fingerprint density at radius 1 is 0.793 bits per heavy atom. The Kier molecular flexibility index (Phi) is 6.47. The van der Waals surface area contributed by atoms with Crippen LogP contribution in [0, 0.1) is 0 Å². The normalized spacial score (nSPS) is 10.1. The van der Waals surface area contributed by atoms with Gasteiger partial charge in [-0.05, 0) is 48.5 Å². The zero-order valence-electron chi connectivity index (χ0n) is 16.4. The van der Waals surface area contributed by atoms with Crippen LogP contribution in [-0.4, -0.2) is 25.9 Å². The molecule has 0 aromatic heterocycles. The first-order valence-electron chi connectivity index (χ1n) is 9.20. The molecule has 0 spiro atoms. The van der Waals surface area contributed by atoms with Gasteiger partial charge in [0.2, 0.25) is 11.8 Å². The maximum Gasteiger partial charge on any atom is 0.233 e. The molecule has 0 aliphatic rings. The average Bonchev–Trinajstić information content (AvgIpc) is 2.70. The van der Waals surface area contributed by atoms with Crippen LogP contribution >= 0.6 is 0 Å². The Hall–Kier alpha value is -3.80. The van der Waals surface area contributed by atoms with Gasteiger partial charge in [0.1, 0.15) is 12.2 Å². The Labute approximate surface area is 170 Å². The molecule has 29 heavy (non-hydrogen) atoms. The van der Waals surface area contributed by atoms with Crippen molar-refractivity contribution < 1.29 is 14.3 Å². The van der Waals surface area contributed by atoms with Crippen molar-refractivity contribution in [3.63, 3.8) is 0 Å². The van der Waals surface area contributed by atoms with E-state index in [1.165, 1.54) is 0 Å². The zero-order valence-corrected chi connectivity index (χ0v) is 16.4. The Balaban J connectivity index is 1.58. The van der Waals surface area contributed by atoms with Gasteiger partial charge >= 0.3 is 0 Å². The summed E-state index contributed by atoms with van der Waals surface area (Å²) < 4.78 is 5.82. The van der Waals surface area contributed by atoms with Crippen LogP contribution in [0.2, 0.25) is 0 Å². The molecule has 2 N–H and O–H groups in total. The van der Waals surface area contributed by atoms with E-state index in [0.29, 0.717) is 22.9 Å². The van der Waals surface area contributed by atoms with Crippen molar-refractivity contribution in [1.29, 1.82) is 0 Å². The van der Waals surface area contributed by atoms with Gasteiger partial charge in [0.25, 0.3) is 0 Å². The van der Waals surface area contributed by atoms with E-state index in [1.54, 1.807) is 30.3 Å². The summed E-state index contributed by atoms with van der Waals surface area (Å²) in [4.78, 5) is 26.5. The minimum atomic E-state index is -0.420. The van der Waals surface area contributed by atoms with Crippen LogP contribution in [0.15, 0.2) is 78.9 Å². The standard InChI is InChI=1S/C23H23N3O3/c1-26(2)18-14-12-17(13-15-18)24-22(27)16-23(28)25-20-10-6-7-11-21(20)29-19-8-4-3-5-9-19/h3-15H,16H2,1-2H3,(H,24,27)(H,25,28). The number of nitrogens with one attached hydrogen (secondary N) is 2. The fourth-order valence-electron chi connectivity index (χ4n) is 2.66. The second-order valence-corrected chi connectivity index (χ2v) is 6.63. The number of anilines is 3. The molecule has 3 aromatic rings. The van der Waals surface area contributed by atoms with Gasteiger partial charge in [0, 0.05) is 25.5 Å². The molecule has 0 atom stereocenters. The molecule has 148 valence electrons. The van der Waals surface area contributed by atoms with Gasteiger partial charge in [-0.25, -0.2) is 0 Å². The van der Waals surface area contributed by atoms with Gasteiger partial charge in [-0.3, -0.25) is 9.59 Å². The van der Waals surface area contributed by atoms with Crippen LogP contribution in [0.5, 0.6) is 11.5 Å². The second kappa shape index (κ2) is 9.41. The van der Waals surface area contributed by atoms with E-state index in [9.17, 15) is 9.59 Å². The van der Waals surface area contributed by atoms with E-state index >= 15 is 0 Å². The molecule has 0 radical (unpaired) electrons. The summed E-state index contributed by atoms with van der Waals surface area (Å²) in [6.45, 7) is 0. The highest BCUT2D eigenvalue weighted by Crippen LogP contribution is 2.29. The number of ether oxygens (including phenoxy) is 1. The largest absolute Gasteiger partial charge is 0.455 e. The fraction of sp³-hybridized carbons (Fsp3) is 0.130. The lowest BCUT2D eigenvalue weighted by molar-refractivity contribution is -0.123. The van der Waals surface area contributed by atoms with Crippen molar-refractivity contribution in [2.75, 3.05) is 29.6 Å². The minimum Gasteiger partial charge on any atom is -0.455 e. The van der Waals surface area contributed by atoms with E-state index in [4.69, 9.17) is 4.74 Å². The summed E-state index contributed by atoms with van der Waals surface area (Å²) in [6.07, 6.45) is -0.297. The van der Waals surface area contributed by atoms with Gasteiger partial charge in [0.05, 0.1) is 5.69 Å². The molecular formula is C23H23N3O3. The number of nitrogens with zero attached hydrogens (tertiary/aromatic N) is 1. The first-order valence-corrected chi connectivity index (χ1v) is 9.20. The van der Waals surface area contributed by atoms with Crippen molar-refractivity contribution in [2.24, 2.45) is 0 Å². The van der Waals surface area contributed by atoms with Crippen LogP contribution in [0.3, 0.4) is 0 Å². The first-order chi connectivity index (χ1) is 14.0. The van der Waals surface area contributed by atoms with Gasteiger partial charge in [-0.2, -0.15) is 0 Å². The van der Waals surface area contributed by atoms with E-state index in [2.05, 4.69) is 10.6 Å². The van der Waals surface area contributed by atoms with Gasteiger partial charge in [0.15, 0.2) is 5.75 Å². The highest BCUT2D eigenvalue weighted by Gasteiger charge is 2.13. The second-order valence-electron chi connectivity index (χ2n) is 6.63. The minimum absolute atomic E-state index is 0.297. The zero-order chi connectivity index (χ0) is 20.6. The molecule has 2 amide bonds. The number of hydrogen-bond donors (Lipinski definition) is 2. The van der Waals surface area contributed by atoms with Crippen molar-refractivity contribution in [3.8, 4) is 11.5 Å². The highest BCUT2D eigenvalue weighted by atomic mass is 16.5. The maximum atomic E-state index is 12.3. The van der Waals surface area contributed by atoms with Crippen LogP contribution in [-0.2, 0) is 9.59 Å². The summed E-state index contributed by atoms with van der Waals surface area (Å²) in [5.41, 5.74) is 2.17. The summed E-state index contributed by atoms with van der Waals surface area (Å²) in [6, 6.07) is 23.8. The lowest BCUT2D eigenvalue weighted by atomic mass is 10.2. The molecule has 6 heteroatoms. The van der Waals surface area contributed by atoms with E-state index < -0.39 is 5.91 Å². The molecule has 3 aromatic carbocycles. The van der Waals surface area contributed by atoms with Crippen LogP contribution in [0.1, 0.15) is 6.42 Å². The molecule has 0 aliphatic heterocycles. The number of hydrogen-bond acceptors (Lipinski definition) is 4. The number of carbonyl (C=O) groups is 2. The van der Waals surface area contributed by atoms with Crippen molar-refractivity contribution in [1.82, 2.24) is 0 Å². The van der Waals surface area contributed by atoms with E-state index in [-0.39, 0.29) is 12.3 Å². The van der Waals surface area contributed by atoms with Crippen LogP contribution in [0.4, 0.5) is 17.1 Å². The molecule has 0 bridgehead atoms. The van der Waals surface area contributed by atoms with Gasteiger partial charge in [-0.1, -0.05) is 30.3 Å². The van der Waals surface area contributed by atoms with Crippen molar-refractivity contribution in [3.05, 3.63) is 78.9 Å². The van der Waals surface area contributed by atoms with E-state index in [1.807, 2.05) is 67.5 Å². The molecule has 0 unspecified atom stereocenters. The first kappa shape index (κ1) is 19.9. The summed E-state index contributed by atoms with van der Waals surface area (Å²) in [5, 5.41) is 5.47. The third kappa shape index (κ3) is 5.84. The fourth-order valence-corrected chi connectivity index (χ4v) is 2.66. The summed E-state index contributed by atoms with van der Waals surface area (Å²) in [5.74, 6) is 0.359. The average molecular weight is 389 g/mol. The highest BCUT2D eigenvalue weighted by molar-refractivity contribution is 6.08. The van der Waals surface area contributed by atoms with Crippen LogP contribution in [0.25, 0.3) is 0 Å². The third-order valence-corrected chi connectivity index (χ3v) is 4.12. The predicted octanol–water partition coefficient (Wildman–Crippen LogP) is 4.51. The quantitative estimate of drug-likeness (QED) is 0.583. The summed E-state index contributed by atoms with van der Waals surface area (Å²) >= 11 is 0. The predicted molar refractivity (Wildman–Crippen MR) is 116 cm³/mol. The number of rotatable bonds is 7. The molecular weight excluding hydrogens is 366 g/mol. The molecule has 3 rings (SSSR count). The van der Waals surface area contributed by atoms with E-state index in [0.717, 1.165) is 5.69 Å². The van der Waals surface area contributed by atoms with Crippen molar-refractivity contribution in [2.45, 2.75) is 6.42 Å². The number of amides is 2. The summed E-state index contributed by atoms with van der Waals surface area (Å²) in [7, 11) is 3.88. The Bertz CT molecular complexity index is 970. The molecule has 0 fully saturated rings. The molecule has 6 nitrogen and oxygen atoms in total. The monoisotopic (exact) mass is 389 g/mol. The molecule has 0 heterocycles. The smallest absolute Gasteiger partial charge is 0.233 e. The molecule has 0 saturated heterocycles. The number of para-hydroxylation sites is 3. The third-order valence-electron chi connectivity index (χ3n) is 4.12. The van der Waals surface area contributed by atoms with Gasteiger partial charge < -0.3 is 20.3 Å². The SMILES string of the molecule is CN(C)c1ccc(NC(=O)CC(=O)Nc2ccccc2Oc2ccccc2)cc1. The van der Waals surface area contributed by atoms with Crippen molar-refractivity contribution >= 4 is 28.9 Å². The maximum absolute atomic E-state index is 12.3. The topological polar surface area (TPSA) is 70.7 Å². The van der Waals surface area contributed by atoms with Crippen LogP contribution < -0.4 is 20.3 Å².